The Morgan fingerprint density at radius 2 is 1.61 bits per heavy atom. The molecule has 5 heteroatoms. The Hall–Kier alpha value is -1.10. The van der Waals surface area contributed by atoms with Crippen molar-refractivity contribution in [3.05, 3.63) is 0 Å². The van der Waals surface area contributed by atoms with Crippen LogP contribution in [0, 0.1) is 46.3 Å². The summed E-state index contributed by atoms with van der Waals surface area (Å²) in [5.74, 6) is 3.15. The summed E-state index contributed by atoms with van der Waals surface area (Å²) in [6.45, 7) is 14.8. The van der Waals surface area contributed by atoms with Crippen LogP contribution in [-0.4, -0.2) is 34.9 Å². The van der Waals surface area contributed by atoms with Gasteiger partial charge in [0.15, 0.2) is 0 Å². The maximum absolute atomic E-state index is 12.3. The third kappa shape index (κ3) is 4.76. The molecule has 0 saturated heterocycles. The SMILES string of the molecule is CC(=O)O[C@H]1CC[C@]2(C)[C@@H]3CC[C@]4(C)[C@H](CC[C@H]4[C@H](C)CCCC(C)C)[C@H]3C[C@H](OC(C)=O)[C@@]2(O)C1. The third-order valence-corrected chi connectivity index (χ3v) is 11.6. The lowest BCUT2D eigenvalue weighted by molar-refractivity contribution is -0.271. The average Bonchev–Trinajstić information content (AvgIpc) is 3.12. The Morgan fingerprint density at radius 3 is 2.25 bits per heavy atom. The van der Waals surface area contributed by atoms with E-state index in [1.165, 1.54) is 52.4 Å². The fraction of sp³-hybridized carbons (Fsp3) is 0.935. The summed E-state index contributed by atoms with van der Waals surface area (Å²) in [4.78, 5) is 23.9. The molecule has 0 spiro atoms. The van der Waals surface area contributed by atoms with Crippen LogP contribution < -0.4 is 0 Å². The molecular weight excluding hydrogens is 452 g/mol. The van der Waals surface area contributed by atoms with Gasteiger partial charge in [0.05, 0.1) is 0 Å². The van der Waals surface area contributed by atoms with Gasteiger partial charge in [-0.2, -0.15) is 0 Å². The molecule has 4 saturated carbocycles. The van der Waals surface area contributed by atoms with Crippen LogP contribution in [0.1, 0.15) is 119 Å². The molecule has 36 heavy (non-hydrogen) atoms. The molecule has 0 bridgehead atoms. The van der Waals surface area contributed by atoms with Crippen LogP contribution in [0.5, 0.6) is 0 Å². The highest BCUT2D eigenvalue weighted by molar-refractivity contribution is 5.66. The van der Waals surface area contributed by atoms with E-state index in [-0.39, 0.29) is 23.5 Å². The summed E-state index contributed by atoms with van der Waals surface area (Å²) in [5.41, 5.74) is -1.16. The van der Waals surface area contributed by atoms with Crippen LogP contribution in [0.3, 0.4) is 0 Å². The molecule has 4 rings (SSSR count). The van der Waals surface area contributed by atoms with Gasteiger partial charge in [0.25, 0.3) is 0 Å². The molecule has 1 N–H and O–H groups in total. The van der Waals surface area contributed by atoms with Gasteiger partial charge < -0.3 is 14.6 Å². The summed E-state index contributed by atoms with van der Waals surface area (Å²) in [5, 5.41) is 12.3. The summed E-state index contributed by atoms with van der Waals surface area (Å²) < 4.78 is 11.5. The minimum atomic E-state index is -1.16. The molecule has 0 aliphatic heterocycles. The minimum Gasteiger partial charge on any atom is -0.462 e. The molecular formula is C31H52O5. The molecule has 0 heterocycles. The first-order valence-electron chi connectivity index (χ1n) is 14.9. The van der Waals surface area contributed by atoms with Crippen molar-refractivity contribution in [3.63, 3.8) is 0 Å². The van der Waals surface area contributed by atoms with Crippen molar-refractivity contribution in [3.8, 4) is 0 Å². The molecule has 0 radical (unpaired) electrons. The predicted octanol–water partition coefficient (Wildman–Crippen LogP) is 6.70. The van der Waals surface area contributed by atoms with E-state index in [1.807, 2.05) is 0 Å². The van der Waals surface area contributed by atoms with E-state index < -0.39 is 11.7 Å². The first-order chi connectivity index (χ1) is 16.8. The maximum Gasteiger partial charge on any atom is 0.303 e. The van der Waals surface area contributed by atoms with Crippen LogP contribution in [0.25, 0.3) is 0 Å². The lowest BCUT2D eigenvalue weighted by Crippen LogP contribution is -2.69. The van der Waals surface area contributed by atoms with Crippen molar-refractivity contribution < 1.29 is 24.2 Å². The Morgan fingerprint density at radius 1 is 0.917 bits per heavy atom. The largest absolute Gasteiger partial charge is 0.462 e. The lowest BCUT2D eigenvalue weighted by atomic mass is 9.42. The van der Waals surface area contributed by atoms with Crippen molar-refractivity contribution in [2.75, 3.05) is 0 Å². The van der Waals surface area contributed by atoms with E-state index in [0.29, 0.717) is 29.6 Å². The number of carbonyl (C=O) groups excluding carboxylic acids is 2. The quantitative estimate of drug-likeness (QED) is 0.391. The summed E-state index contributed by atoms with van der Waals surface area (Å²) in [6, 6.07) is 0. The van der Waals surface area contributed by atoms with Crippen LogP contribution in [0.15, 0.2) is 0 Å². The summed E-state index contributed by atoms with van der Waals surface area (Å²) in [6.07, 6.45) is 10.7. The molecule has 4 aliphatic carbocycles. The smallest absolute Gasteiger partial charge is 0.303 e. The lowest BCUT2D eigenvalue weighted by Gasteiger charge is -2.65. The fourth-order valence-electron chi connectivity index (χ4n) is 9.92. The first-order valence-corrected chi connectivity index (χ1v) is 14.9. The molecule has 0 aromatic rings. The number of fused-ring (bicyclic) bond motifs is 5. The number of rotatable bonds is 7. The van der Waals surface area contributed by atoms with Crippen molar-refractivity contribution in [2.24, 2.45) is 46.3 Å². The third-order valence-electron chi connectivity index (χ3n) is 11.6. The topological polar surface area (TPSA) is 72.8 Å². The van der Waals surface area contributed by atoms with Gasteiger partial charge >= 0.3 is 11.9 Å². The monoisotopic (exact) mass is 504 g/mol. The van der Waals surface area contributed by atoms with Crippen molar-refractivity contribution in [1.29, 1.82) is 0 Å². The Bertz CT molecular complexity index is 824. The van der Waals surface area contributed by atoms with E-state index in [1.54, 1.807) is 0 Å². The van der Waals surface area contributed by atoms with Crippen LogP contribution in [-0.2, 0) is 19.1 Å². The van der Waals surface area contributed by atoms with Crippen LogP contribution in [0.2, 0.25) is 0 Å². The van der Waals surface area contributed by atoms with Gasteiger partial charge in [0.1, 0.15) is 17.8 Å². The molecule has 5 nitrogen and oxygen atoms in total. The summed E-state index contributed by atoms with van der Waals surface area (Å²) in [7, 11) is 0. The predicted molar refractivity (Wildman–Crippen MR) is 141 cm³/mol. The Labute approximate surface area is 219 Å². The molecule has 0 unspecified atom stereocenters. The second-order valence-electron chi connectivity index (χ2n) is 14.1. The number of carbonyl (C=O) groups is 2. The normalized spacial score (nSPS) is 44.8. The molecule has 0 aromatic heterocycles. The van der Waals surface area contributed by atoms with Gasteiger partial charge in [0.2, 0.25) is 0 Å². The standard InChI is InChI=1S/C31H52O5/c1-19(2)9-8-10-20(3)25-11-12-26-24-17-28(36-22(5)33)31(34)18-23(35-21(4)32)13-16-30(31,7)27(24)14-15-29(25,26)6/h19-20,23-28,34H,8-18H2,1-7H3/t20-,23+,24-,25+,26-,27-,28+,29+,30-,31+/m1/s1. The fourth-order valence-corrected chi connectivity index (χ4v) is 9.92. The van der Waals surface area contributed by atoms with Gasteiger partial charge in [-0.25, -0.2) is 0 Å². The van der Waals surface area contributed by atoms with Crippen molar-refractivity contribution >= 4 is 11.9 Å². The summed E-state index contributed by atoms with van der Waals surface area (Å²) >= 11 is 0. The number of aliphatic hydroxyl groups is 1. The minimum absolute atomic E-state index is 0.308. The zero-order chi connectivity index (χ0) is 26.5. The van der Waals surface area contributed by atoms with E-state index in [9.17, 15) is 14.7 Å². The van der Waals surface area contributed by atoms with Gasteiger partial charge in [-0.15, -0.1) is 0 Å². The molecule has 0 aromatic carbocycles. The molecule has 206 valence electrons. The van der Waals surface area contributed by atoms with E-state index in [4.69, 9.17) is 9.47 Å². The van der Waals surface area contributed by atoms with E-state index >= 15 is 0 Å². The van der Waals surface area contributed by atoms with E-state index in [2.05, 4.69) is 34.6 Å². The maximum atomic E-state index is 12.3. The van der Waals surface area contributed by atoms with Crippen molar-refractivity contribution in [2.45, 2.75) is 137 Å². The van der Waals surface area contributed by atoms with Crippen molar-refractivity contribution in [1.82, 2.24) is 0 Å². The second kappa shape index (κ2) is 10.2. The van der Waals surface area contributed by atoms with Gasteiger partial charge in [-0.05, 0) is 85.9 Å². The first kappa shape index (κ1) is 27.9. The highest BCUT2D eigenvalue weighted by Crippen LogP contribution is 2.69. The van der Waals surface area contributed by atoms with Gasteiger partial charge in [-0.1, -0.05) is 53.9 Å². The zero-order valence-corrected chi connectivity index (χ0v) is 24.0. The Kier molecular flexibility index (Phi) is 7.93. The average molecular weight is 505 g/mol. The number of ether oxygens (including phenoxy) is 2. The number of esters is 2. The molecule has 4 fully saturated rings. The zero-order valence-electron chi connectivity index (χ0n) is 24.0. The highest BCUT2D eigenvalue weighted by Gasteiger charge is 2.68. The molecule has 10 atom stereocenters. The molecule has 0 amide bonds. The second-order valence-corrected chi connectivity index (χ2v) is 14.1. The van der Waals surface area contributed by atoms with Crippen LogP contribution in [0.4, 0.5) is 0 Å². The number of hydrogen-bond donors (Lipinski definition) is 1. The van der Waals surface area contributed by atoms with Gasteiger partial charge in [0, 0.05) is 25.7 Å². The van der Waals surface area contributed by atoms with Crippen LogP contribution >= 0.6 is 0 Å². The highest BCUT2D eigenvalue weighted by atomic mass is 16.6. The van der Waals surface area contributed by atoms with Gasteiger partial charge in [-0.3, -0.25) is 9.59 Å². The Balaban J connectivity index is 1.59. The number of hydrogen-bond acceptors (Lipinski definition) is 5. The molecule has 4 aliphatic rings. The van der Waals surface area contributed by atoms with E-state index in [0.717, 1.165) is 43.4 Å².